The van der Waals surface area contributed by atoms with Gasteiger partial charge in [0.05, 0.1) is 5.92 Å². The van der Waals surface area contributed by atoms with Crippen LogP contribution in [0.25, 0.3) is 0 Å². The molecule has 0 aliphatic heterocycles. The Morgan fingerprint density at radius 1 is 1.05 bits per heavy atom. The Hall–Kier alpha value is -2.10. The van der Waals surface area contributed by atoms with Crippen LogP contribution in [0.2, 0.25) is 0 Å². The minimum absolute atomic E-state index is 0.256. The van der Waals surface area contributed by atoms with Crippen molar-refractivity contribution in [2.24, 2.45) is 11.8 Å². The normalized spacial score (nSPS) is 21.5. The molecule has 1 aromatic carbocycles. The summed E-state index contributed by atoms with van der Waals surface area (Å²) in [4.78, 5) is 23.4. The van der Waals surface area contributed by atoms with Crippen molar-refractivity contribution >= 4 is 17.6 Å². The van der Waals surface area contributed by atoms with Gasteiger partial charge in [0.1, 0.15) is 0 Å². The summed E-state index contributed by atoms with van der Waals surface area (Å²) in [5.41, 5.74) is 2.82. The number of carbonyl (C=O) groups excluding carboxylic acids is 2. The van der Waals surface area contributed by atoms with Gasteiger partial charge in [0.25, 0.3) is 0 Å². The van der Waals surface area contributed by atoms with Gasteiger partial charge in [-0.25, -0.2) is 0 Å². The molecule has 0 bridgehead atoms. The summed E-state index contributed by atoms with van der Waals surface area (Å²) in [5, 5.41) is 13.9. The van der Waals surface area contributed by atoms with Crippen LogP contribution in [0.4, 0.5) is 5.69 Å². The lowest BCUT2D eigenvalue weighted by molar-refractivity contribution is -0.313. The van der Waals surface area contributed by atoms with Crippen LogP contribution in [0, 0.1) is 25.7 Å². The third-order valence-electron chi connectivity index (χ3n) is 3.56. The van der Waals surface area contributed by atoms with Crippen molar-refractivity contribution in [3.63, 3.8) is 0 Å². The number of aryl methyl sites for hydroxylation is 2. The monoisotopic (exact) mass is 272 g/mol. The average Bonchev–Trinajstić information content (AvgIpc) is 2.37. The number of carboxylic acids is 1. The van der Waals surface area contributed by atoms with E-state index in [2.05, 4.69) is 5.32 Å². The molecule has 0 radical (unpaired) electrons. The third kappa shape index (κ3) is 3.26. The molecule has 1 amide bonds. The zero-order valence-corrected chi connectivity index (χ0v) is 11.7. The number of nitrogens with one attached hydrogen (secondary N) is 1. The highest BCUT2D eigenvalue weighted by Crippen LogP contribution is 2.27. The lowest BCUT2D eigenvalue weighted by Crippen LogP contribution is -2.41. The van der Waals surface area contributed by atoms with Crippen LogP contribution in [-0.4, -0.2) is 11.9 Å². The molecular formula is C16H18NO3-. The van der Waals surface area contributed by atoms with E-state index in [1.807, 2.05) is 38.1 Å². The standard InChI is InChI=1S/C16H19NO3/c1-10-7-11(2)9-12(8-10)17-15(18)13-5-3-4-6-14(13)16(19)20/h3-4,7-9,13-14H,5-6H2,1-2H3,(H,17,18)(H,19,20)/p-1/t13-,14-/m0/s1. The second kappa shape index (κ2) is 5.90. The first-order valence-corrected chi connectivity index (χ1v) is 6.72. The fraction of sp³-hybridized carbons (Fsp3) is 0.375. The number of hydrogen-bond donors (Lipinski definition) is 1. The summed E-state index contributed by atoms with van der Waals surface area (Å²) in [7, 11) is 0. The van der Waals surface area contributed by atoms with E-state index in [1.54, 1.807) is 6.08 Å². The van der Waals surface area contributed by atoms with Crippen LogP contribution in [0.1, 0.15) is 24.0 Å². The topological polar surface area (TPSA) is 69.2 Å². The molecule has 2 atom stereocenters. The highest BCUT2D eigenvalue weighted by molar-refractivity contribution is 5.95. The zero-order chi connectivity index (χ0) is 14.7. The van der Waals surface area contributed by atoms with Gasteiger partial charge in [-0.15, -0.1) is 0 Å². The summed E-state index contributed by atoms with van der Waals surface area (Å²) in [5.74, 6) is -2.72. The lowest BCUT2D eigenvalue weighted by Gasteiger charge is -2.28. The van der Waals surface area contributed by atoms with E-state index in [0.717, 1.165) is 11.1 Å². The van der Waals surface area contributed by atoms with Gasteiger partial charge in [0, 0.05) is 17.6 Å². The van der Waals surface area contributed by atoms with Crippen molar-refractivity contribution in [1.29, 1.82) is 0 Å². The maximum atomic E-state index is 12.3. The molecule has 0 saturated heterocycles. The molecule has 1 aliphatic rings. The maximum absolute atomic E-state index is 12.3. The van der Waals surface area contributed by atoms with E-state index in [9.17, 15) is 14.7 Å². The zero-order valence-electron chi connectivity index (χ0n) is 11.7. The van der Waals surface area contributed by atoms with E-state index in [-0.39, 0.29) is 5.91 Å². The van der Waals surface area contributed by atoms with Gasteiger partial charge >= 0.3 is 0 Å². The Bertz CT molecular complexity index is 543. The Morgan fingerprint density at radius 3 is 2.15 bits per heavy atom. The summed E-state index contributed by atoms with van der Waals surface area (Å²) >= 11 is 0. The SMILES string of the molecule is Cc1cc(C)cc(NC(=O)[C@H]2CC=CC[C@@H]2C(=O)[O-])c1. The van der Waals surface area contributed by atoms with Crippen molar-refractivity contribution < 1.29 is 14.7 Å². The molecule has 1 aliphatic carbocycles. The summed E-state index contributed by atoms with van der Waals surface area (Å²) < 4.78 is 0. The Labute approximate surface area is 118 Å². The summed E-state index contributed by atoms with van der Waals surface area (Å²) in [6.07, 6.45) is 4.44. The number of allylic oxidation sites excluding steroid dienone is 2. The minimum Gasteiger partial charge on any atom is -0.550 e. The third-order valence-corrected chi connectivity index (χ3v) is 3.56. The predicted molar refractivity (Wildman–Crippen MR) is 74.9 cm³/mol. The van der Waals surface area contributed by atoms with Crippen LogP contribution in [0.15, 0.2) is 30.4 Å². The molecule has 4 nitrogen and oxygen atoms in total. The largest absolute Gasteiger partial charge is 0.550 e. The van der Waals surface area contributed by atoms with Crippen LogP contribution < -0.4 is 10.4 Å². The second-order valence-corrected chi connectivity index (χ2v) is 5.34. The maximum Gasteiger partial charge on any atom is 0.228 e. The molecule has 0 heterocycles. The Balaban J connectivity index is 2.14. The van der Waals surface area contributed by atoms with Gasteiger partial charge in [0.2, 0.25) is 5.91 Å². The number of carbonyl (C=O) groups is 2. The molecule has 0 fully saturated rings. The van der Waals surface area contributed by atoms with Gasteiger partial charge in [-0.3, -0.25) is 4.79 Å². The van der Waals surface area contributed by atoms with Gasteiger partial charge in [-0.05, 0) is 49.9 Å². The number of anilines is 1. The minimum atomic E-state index is -1.16. The predicted octanol–water partition coefficient (Wildman–Crippen LogP) is 1.57. The number of amides is 1. The number of hydrogen-bond acceptors (Lipinski definition) is 3. The number of carboxylic acid groups (broad SMARTS) is 1. The fourth-order valence-electron chi connectivity index (χ4n) is 2.65. The first-order valence-electron chi connectivity index (χ1n) is 6.72. The van der Waals surface area contributed by atoms with Crippen LogP contribution in [0.3, 0.4) is 0 Å². The first kappa shape index (κ1) is 14.3. The van der Waals surface area contributed by atoms with Crippen molar-refractivity contribution in [3.05, 3.63) is 41.5 Å². The molecule has 20 heavy (non-hydrogen) atoms. The molecule has 106 valence electrons. The van der Waals surface area contributed by atoms with E-state index >= 15 is 0 Å². The number of rotatable bonds is 3. The molecule has 0 aromatic heterocycles. The van der Waals surface area contributed by atoms with Crippen LogP contribution in [-0.2, 0) is 9.59 Å². The average molecular weight is 272 g/mol. The first-order chi connectivity index (χ1) is 9.47. The molecule has 2 rings (SSSR count). The van der Waals surface area contributed by atoms with Crippen molar-refractivity contribution in [3.8, 4) is 0 Å². The molecular weight excluding hydrogens is 254 g/mol. The van der Waals surface area contributed by atoms with Gasteiger partial charge < -0.3 is 15.2 Å². The van der Waals surface area contributed by atoms with Crippen molar-refractivity contribution in [2.45, 2.75) is 26.7 Å². The highest BCUT2D eigenvalue weighted by atomic mass is 16.4. The summed E-state index contributed by atoms with van der Waals surface area (Å²) in [6, 6.07) is 5.76. The molecule has 4 heteroatoms. The molecule has 0 saturated carbocycles. The molecule has 0 spiro atoms. The van der Waals surface area contributed by atoms with E-state index in [0.29, 0.717) is 18.5 Å². The van der Waals surface area contributed by atoms with E-state index in [4.69, 9.17) is 0 Å². The van der Waals surface area contributed by atoms with Gasteiger partial charge in [-0.2, -0.15) is 0 Å². The quantitative estimate of drug-likeness (QED) is 0.849. The van der Waals surface area contributed by atoms with E-state index in [1.165, 1.54) is 0 Å². The highest BCUT2D eigenvalue weighted by Gasteiger charge is 2.29. The van der Waals surface area contributed by atoms with Gasteiger partial charge in [-0.1, -0.05) is 18.2 Å². The molecule has 1 aromatic rings. The van der Waals surface area contributed by atoms with Crippen LogP contribution in [0.5, 0.6) is 0 Å². The van der Waals surface area contributed by atoms with Crippen LogP contribution >= 0.6 is 0 Å². The van der Waals surface area contributed by atoms with Crippen molar-refractivity contribution in [2.75, 3.05) is 5.32 Å². The lowest BCUT2D eigenvalue weighted by atomic mass is 9.82. The smallest absolute Gasteiger partial charge is 0.228 e. The summed E-state index contributed by atoms with van der Waals surface area (Å²) in [6.45, 7) is 3.91. The molecule has 1 N–H and O–H groups in total. The molecule has 0 unspecified atom stereocenters. The number of benzene rings is 1. The van der Waals surface area contributed by atoms with E-state index < -0.39 is 17.8 Å². The second-order valence-electron chi connectivity index (χ2n) is 5.34. The van der Waals surface area contributed by atoms with Crippen molar-refractivity contribution in [1.82, 2.24) is 0 Å². The fourth-order valence-corrected chi connectivity index (χ4v) is 2.65. The Kier molecular flexibility index (Phi) is 4.23. The number of aliphatic carboxylic acids is 1. The Morgan fingerprint density at radius 2 is 1.60 bits per heavy atom. The van der Waals surface area contributed by atoms with Gasteiger partial charge in [0.15, 0.2) is 0 Å².